The number of halogens is 4. The van der Waals surface area contributed by atoms with Crippen molar-refractivity contribution < 1.29 is 22.6 Å². The van der Waals surface area contributed by atoms with Crippen molar-refractivity contribution in [3.05, 3.63) is 22.3 Å². The number of ether oxygens (including phenoxy) is 2. The highest BCUT2D eigenvalue weighted by Crippen LogP contribution is 2.33. The Labute approximate surface area is 98.7 Å². The third-order valence-electron chi connectivity index (χ3n) is 1.66. The van der Waals surface area contributed by atoms with E-state index in [-0.39, 0.29) is 17.0 Å². The summed E-state index contributed by atoms with van der Waals surface area (Å²) < 4.78 is 46.8. The molecule has 0 radical (unpaired) electrons. The Hall–Kier alpha value is -0.820. The van der Waals surface area contributed by atoms with Crippen LogP contribution in [0.15, 0.2) is 16.7 Å². The molecule has 0 aromatic carbocycles. The Morgan fingerprint density at radius 1 is 1.38 bits per heavy atom. The number of alkyl halides is 3. The number of pyridine rings is 1. The van der Waals surface area contributed by atoms with Crippen molar-refractivity contribution in [1.82, 2.24) is 4.98 Å². The van der Waals surface area contributed by atoms with Crippen LogP contribution in [0.2, 0.25) is 0 Å². The molecule has 0 atom stereocenters. The summed E-state index contributed by atoms with van der Waals surface area (Å²) in [6.45, 7) is 0.572. The summed E-state index contributed by atoms with van der Waals surface area (Å²) in [5, 5.41) is 0. The predicted molar refractivity (Wildman–Crippen MR) is 54.3 cm³/mol. The van der Waals surface area contributed by atoms with Gasteiger partial charge in [-0.1, -0.05) is 0 Å². The minimum absolute atomic E-state index is 0.116. The zero-order valence-electron chi connectivity index (χ0n) is 8.34. The molecule has 0 spiro atoms. The van der Waals surface area contributed by atoms with Crippen molar-refractivity contribution >= 4 is 15.9 Å². The fraction of sp³-hybridized carbons (Fsp3) is 0.444. The number of methoxy groups -OCH3 is 1. The molecule has 0 saturated carbocycles. The van der Waals surface area contributed by atoms with Crippen molar-refractivity contribution in [3.63, 3.8) is 0 Å². The molecule has 0 aliphatic carbocycles. The molecule has 0 aliphatic heterocycles. The molecular formula is C9H9BrF3NO2. The van der Waals surface area contributed by atoms with Crippen molar-refractivity contribution in [2.75, 3.05) is 20.3 Å². The van der Waals surface area contributed by atoms with E-state index in [2.05, 4.69) is 20.9 Å². The van der Waals surface area contributed by atoms with Crippen LogP contribution in [-0.4, -0.2) is 25.3 Å². The van der Waals surface area contributed by atoms with E-state index < -0.39 is 11.7 Å². The van der Waals surface area contributed by atoms with Gasteiger partial charge in [-0.25, -0.2) is 4.98 Å². The molecule has 1 aromatic heterocycles. The van der Waals surface area contributed by atoms with E-state index in [9.17, 15) is 13.2 Å². The van der Waals surface area contributed by atoms with Gasteiger partial charge in [-0.15, -0.1) is 0 Å². The van der Waals surface area contributed by atoms with Crippen LogP contribution in [0.25, 0.3) is 0 Å². The lowest BCUT2D eigenvalue weighted by Crippen LogP contribution is -2.09. The lowest BCUT2D eigenvalue weighted by Gasteiger charge is -2.09. The molecule has 0 fully saturated rings. The third-order valence-corrected chi connectivity index (χ3v) is 2.23. The SMILES string of the molecule is COCCOc1ncc(C(F)(F)F)cc1Br. The Bertz CT molecular complexity index is 357. The smallest absolute Gasteiger partial charge is 0.417 e. The Morgan fingerprint density at radius 3 is 2.56 bits per heavy atom. The van der Waals surface area contributed by atoms with Crippen LogP contribution in [-0.2, 0) is 10.9 Å². The number of hydrogen-bond donors (Lipinski definition) is 0. The summed E-state index contributed by atoms with van der Waals surface area (Å²) in [6.07, 6.45) is -3.67. The standard InChI is InChI=1S/C9H9BrF3NO2/c1-15-2-3-16-8-7(10)4-6(5-14-8)9(11,12)13/h4-5H,2-3H2,1H3. The zero-order chi connectivity index (χ0) is 12.2. The summed E-state index contributed by atoms with van der Waals surface area (Å²) >= 11 is 2.96. The highest BCUT2D eigenvalue weighted by molar-refractivity contribution is 9.10. The molecule has 0 unspecified atom stereocenters. The van der Waals surface area contributed by atoms with Crippen molar-refractivity contribution in [2.24, 2.45) is 0 Å². The molecule has 1 aromatic rings. The first kappa shape index (κ1) is 13.2. The van der Waals surface area contributed by atoms with Crippen molar-refractivity contribution in [1.29, 1.82) is 0 Å². The van der Waals surface area contributed by atoms with E-state index in [0.717, 1.165) is 12.3 Å². The molecule has 0 saturated heterocycles. The van der Waals surface area contributed by atoms with Crippen LogP contribution < -0.4 is 4.74 Å². The Morgan fingerprint density at radius 2 is 2.06 bits per heavy atom. The van der Waals surface area contributed by atoms with Crippen LogP contribution >= 0.6 is 15.9 Å². The molecule has 1 heterocycles. The Balaban J connectivity index is 2.76. The zero-order valence-corrected chi connectivity index (χ0v) is 9.93. The van der Waals surface area contributed by atoms with Gasteiger partial charge in [0, 0.05) is 13.3 Å². The highest BCUT2D eigenvalue weighted by Gasteiger charge is 2.31. The average Bonchev–Trinajstić information content (AvgIpc) is 2.19. The third kappa shape index (κ3) is 3.64. The molecular weight excluding hydrogens is 291 g/mol. The van der Waals surface area contributed by atoms with Crippen LogP contribution in [0.1, 0.15) is 5.56 Å². The van der Waals surface area contributed by atoms with E-state index in [4.69, 9.17) is 9.47 Å². The van der Waals surface area contributed by atoms with Crippen LogP contribution in [0.3, 0.4) is 0 Å². The monoisotopic (exact) mass is 299 g/mol. The lowest BCUT2D eigenvalue weighted by atomic mass is 10.3. The number of aromatic nitrogens is 1. The van der Waals surface area contributed by atoms with Gasteiger partial charge in [-0.2, -0.15) is 13.2 Å². The minimum atomic E-state index is -4.40. The summed E-state index contributed by atoms with van der Waals surface area (Å²) in [5.41, 5.74) is -0.821. The average molecular weight is 300 g/mol. The van der Waals surface area contributed by atoms with Gasteiger partial charge in [0.2, 0.25) is 5.88 Å². The largest absolute Gasteiger partial charge is 0.474 e. The first-order valence-electron chi connectivity index (χ1n) is 4.29. The molecule has 0 amide bonds. The number of nitrogens with zero attached hydrogens (tertiary/aromatic N) is 1. The second-order valence-electron chi connectivity index (χ2n) is 2.85. The molecule has 16 heavy (non-hydrogen) atoms. The van der Waals surface area contributed by atoms with Gasteiger partial charge >= 0.3 is 6.18 Å². The van der Waals surface area contributed by atoms with Crippen molar-refractivity contribution in [3.8, 4) is 5.88 Å². The molecule has 90 valence electrons. The summed E-state index contributed by atoms with van der Waals surface area (Å²) in [4.78, 5) is 3.57. The predicted octanol–water partition coefficient (Wildman–Crippen LogP) is 2.89. The minimum Gasteiger partial charge on any atom is -0.474 e. The maximum atomic E-state index is 12.3. The van der Waals surface area contributed by atoms with Gasteiger partial charge in [0.15, 0.2) is 0 Å². The highest BCUT2D eigenvalue weighted by atomic mass is 79.9. The lowest BCUT2D eigenvalue weighted by molar-refractivity contribution is -0.137. The second kappa shape index (κ2) is 5.49. The molecule has 0 aliphatic rings. The first-order valence-corrected chi connectivity index (χ1v) is 5.09. The number of hydrogen-bond acceptors (Lipinski definition) is 3. The first-order chi connectivity index (χ1) is 7.45. The summed E-state index contributed by atoms with van der Waals surface area (Å²) in [6, 6.07) is 0.926. The molecule has 0 bridgehead atoms. The van der Waals surface area contributed by atoms with Gasteiger partial charge in [0.25, 0.3) is 0 Å². The Kier molecular flexibility index (Phi) is 4.55. The topological polar surface area (TPSA) is 31.4 Å². The maximum Gasteiger partial charge on any atom is 0.417 e. The van der Waals surface area contributed by atoms with E-state index >= 15 is 0 Å². The molecule has 1 rings (SSSR count). The van der Waals surface area contributed by atoms with Gasteiger partial charge in [-0.3, -0.25) is 0 Å². The van der Waals surface area contributed by atoms with Crippen molar-refractivity contribution in [2.45, 2.75) is 6.18 Å². The van der Waals surface area contributed by atoms with E-state index in [0.29, 0.717) is 6.61 Å². The van der Waals surface area contributed by atoms with E-state index in [1.807, 2.05) is 0 Å². The van der Waals surface area contributed by atoms with E-state index in [1.54, 1.807) is 0 Å². The van der Waals surface area contributed by atoms with Gasteiger partial charge in [0.05, 0.1) is 16.6 Å². The van der Waals surface area contributed by atoms with Gasteiger partial charge in [0.1, 0.15) is 6.61 Å². The number of rotatable bonds is 4. The molecule has 7 heteroatoms. The summed E-state index contributed by atoms with van der Waals surface area (Å²) in [7, 11) is 1.50. The fourth-order valence-electron chi connectivity index (χ4n) is 0.908. The molecule has 0 N–H and O–H groups in total. The van der Waals surface area contributed by atoms with Crippen LogP contribution in [0.4, 0.5) is 13.2 Å². The van der Waals surface area contributed by atoms with Crippen LogP contribution in [0, 0.1) is 0 Å². The molecule has 3 nitrogen and oxygen atoms in total. The van der Waals surface area contributed by atoms with Crippen LogP contribution in [0.5, 0.6) is 5.88 Å². The second-order valence-corrected chi connectivity index (χ2v) is 3.70. The normalized spacial score (nSPS) is 11.6. The summed E-state index contributed by atoms with van der Waals surface area (Å²) in [5.74, 6) is 0.116. The van der Waals surface area contributed by atoms with E-state index in [1.165, 1.54) is 7.11 Å². The quantitative estimate of drug-likeness (QED) is 0.801. The maximum absolute atomic E-state index is 12.3. The fourth-order valence-corrected chi connectivity index (χ4v) is 1.37. The van der Waals surface area contributed by atoms with Gasteiger partial charge in [-0.05, 0) is 22.0 Å². The van der Waals surface area contributed by atoms with Gasteiger partial charge < -0.3 is 9.47 Å².